The van der Waals surface area contributed by atoms with E-state index in [4.69, 9.17) is 14.2 Å². The lowest BCUT2D eigenvalue weighted by atomic mass is 10.2. The number of rotatable bonds is 7. The molecule has 0 saturated heterocycles. The van der Waals surface area contributed by atoms with Crippen LogP contribution in [0.15, 0.2) is 41.1 Å². The van der Waals surface area contributed by atoms with Crippen molar-refractivity contribution in [2.75, 3.05) is 19.5 Å². The molecule has 0 saturated carbocycles. The third-order valence-electron chi connectivity index (χ3n) is 3.27. The van der Waals surface area contributed by atoms with E-state index in [1.165, 1.54) is 38.6 Å². The molecule has 0 aliphatic carbocycles. The van der Waals surface area contributed by atoms with Gasteiger partial charge < -0.3 is 19.5 Å². The number of thiophene rings is 1. The lowest BCUT2D eigenvalue weighted by Gasteiger charge is -2.14. The van der Waals surface area contributed by atoms with Crippen molar-refractivity contribution >= 4 is 35.0 Å². The Labute approximate surface area is 150 Å². The molecule has 1 heterocycles. The van der Waals surface area contributed by atoms with Crippen LogP contribution in [0.1, 0.15) is 12.5 Å². The van der Waals surface area contributed by atoms with E-state index < -0.39 is 18.0 Å². The molecule has 0 radical (unpaired) electrons. The summed E-state index contributed by atoms with van der Waals surface area (Å²) in [6.45, 7) is 1.51. The highest BCUT2D eigenvalue weighted by Crippen LogP contribution is 2.29. The molecule has 1 aromatic carbocycles. The van der Waals surface area contributed by atoms with Crippen molar-refractivity contribution in [3.63, 3.8) is 0 Å². The third-order valence-corrected chi connectivity index (χ3v) is 3.97. The van der Waals surface area contributed by atoms with Crippen molar-refractivity contribution < 1.29 is 23.8 Å². The molecule has 132 valence electrons. The van der Waals surface area contributed by atoms with Gasteiger partial charge >= 0.3 is 5.97 Å². The van der Waals surface area contributed by atoms with E-state index in [0.717, 1.165) is 5.56 Å². The molecule has 2 aromatic rings. The maximum absolute atomic E-state index is 12.2. The van der Waals surface area contributed by atoms with Crippen LogP contribution in [0.5, 0.6) is 11.5 Å². The summed E-state index contributed by atoms with van der Waals surface area (Å²) in [5.74, 6) is 0.0212. The van der Waals surface area contributed by atoms with Gasteiger partial charge in [-0.05, 0) is 47.5 Å². The number of nitrogens with one attached hydrogen (secondary N) is 1. The largest absolute Gasteiger partial charge is 0.493 e. The summed E-state index contributed by atoms with van der Waals surface area (Å²) in [6.07, 6.45) is 1.99. The van der Waals surface area contributed by atoms with E-state index in [2.05, 4.69) is 5.32 Å². The average molecular weight is 361 g/mol. The van der Waals surface area contributed by atoms with Gasteiger partial charge in [0, 0.05) is 17.8 Å². The number of hydrogen-bond acceptors (Lipinski definition) is 6. The summed E-state index contributed by atoms with van der Waals surface area (Å²) in [5, 5.41) is 6.48. The molecule has 1 aromatic heterocycles. The molecule has 0 bridgehead atoms. The molecule has 0 aliphatic heterocycles. The Kier molecular flexibility index (Phi) is 6.59. The fourth-order valence-electron chi connectivity index (χ4n) is 1.96. The van der Waals surface area contributed by atoms with Gasteiger partial charge in [0.2, 0.25) is 0 Å². The number of anilines is 1. The van der Waals surface area contributed by atoms with Crippen LogP contribution < -0.4 is 14.8 Å². The number of esters is 1. The second-order valence-electron chi connectivity index (χ2n) is 5.03. The van der Waals surface area contributed by atoms with Crippen molar-refractivity contribution in [1.82, 2.24) is 0 Å². The zero-order valence-electron chi connectivity index (χ0n) is 14.1. The Bertz CT molecular complexity index is 755. The molecule has 0 unspecified atom stereocenters. The zero-order valence-corrected chi connectivity index (χ0v) is 15.0. The number of hydrogen-bond donors (Lipinski definition) is 1. The van der Waals surface area contributed by atoms with Gasteiger partial charge in [-0.3, -0.25) is 4.79 Å². The Morgan fingerprint density at radius 2 is 1.92 bits per heavy atom. The second-order valence-corrected chi connectivity index (χ2v) is 5.81. The first kappa shape index (κ1) is 18.5. The minimum atomic E-state index is -0.937. The number of carbonyl (C=O) groups is 2. The summed E-state index contributed by atoms with van der Waals surface area (Å²) in [7, 11) is 3.04. The lowest BCUT2D eigenvalue weighted by molar-refractivity contribution is -0.148. The first-order valence-electron chi connectivity index (χ1n) is 7.47. The number of methoxy groups -OCH3 is 2. The van der Waals surface area contributed by atoms with Crippen LogP contribution in [-0.4, -0.2) is 32.2 Å². The van der Waals surface area contributed by atoms with Gasteiger partial charge in [0.25, 0.3) is 5.91 Å². The van der Waals surface area contributed by atoms with E-state index in [-0.39, 0.29) is 0 Å². The summed E-state index contributed by atoms with van der Waals surface area (Å²) >= 11 is 1.53. The summed E-state index contributed by atoms with van der Waals surface area (Å²) in [6, 6.07) is 6.85. The zero-order chi connectivity index (χ0) is 18.2. The van der Waals surface area contributed by atoms with Crippen LogP contribution in [-0.2, 0) is 14.3 Å². The third kappa shape index (κ3) is 5.36. The SMILES string of the molecule is COc1ccc(NC(=O)[C@H](C)OC(=O)/C=C/c2ccsc2)cc1OC. The molecule has 0 fully saturated rings. The quantitative estimate of drug-likeness (QED) is 0.605. The lowest BCUT2D eigenvalue weighted by Crippen LogP contribution is -2.29. The molecule has 0 spiro atoms. The van der Waals surface area contributed by atoms with Crippen LogP contribution in [0.2, 0.25) is 0 Å². The maximum atomic E-state index is 12.2. The molecule has 7 heteroatoms. The monoisotopic (exact) mass is 361 g/mol. The van der Waals surface area contributed by atoms with Gasteiger partial charge in [-0.1, -0.05) is 0 Å². The first-order valence-corrected chi connectivity index (χ1v) is 8.41. The van der Waals surface area contributed by atoms with Crippen LogP contribution in [0.3, 0.4) is 0 Å². The van der Waals surface area contributed by atoms with Crippen molar-refractivity contribution in [2.24, 2.45) is 0 Å². The van der Waals surface area contributed by atoms with Gasteiger partial charge in [-0.2, -0.15) is 11.3 Å². The predicted molar refractivity (Wildman–Crippen MR) is 97.1 cm³/mol. The number of amides is 1. The molecular formula is C18H19NO5S. The topological polar surface area (TPSA) is 73.9 Å². The molecule has 1 amide bonds. The summed E-state index contributed by atoms with van der Waals surface area (Å²) in [4.78, 5) is 23.9. The maximum Gasteiger partial charge on any atom is 0.331 e. The predicted octanol–water partition coefficient (Wildman–Crippen LogP) is 3.35. The molecule has 2 rings (SSSR count). The Balaban J connectivity index is 1.92. The van der Waals surface area contributed by atoms with Crippen LogP contribution in [0, 0.1) is 0 Å². The molecular weight excluding hydrogens is 342 g/mol. The van der Waals surface area contributed by atoms with Gasteiger partial charge in [-0.15, -0.1) is 0 Å². The minimum Gasteiger partial charge on any atom is -0.493 e. The molecule has 0 aliphatic rings. The van der Waals surface area contributed by atoms with E-state index in [1.807, 2.05) is 16.8 Å². The molecule has 25 heavy (non-hydrogen) atoms. The Morgan fingerprint density at radius 1 is 1.16 bits per heavy atom. The van der Waals surface area contributed by atoms with Gasteiger partial charge in [0.1, 0.15) is 0 Å². The highest BCUT2D eigenvalue weighted by Gasteiger charge is 2.17. The Hall–Kier alpha value is -2.80. The number of benzene rings is 1. The van der Waals surface area contributed by atoms with E-state index >= 15 is 0 Å². The highest BCUT2D eigenvalue weighted by atomic mass is 32.1. The van der Waals surface area contributed by atoms with E-state index in [0.29, 0.717) is 17.2 Å². The van der Waals surface area contributed by atoms with Gasteiger partial charge in [-0.25, -0.2) is 4.79 Å². The average Bonchev–Trinajstić information content (AvgIpc) is 3.13. The fraction of sp³-hybridized carbons (Fsp3) is 0.222. The van der Waals surface area contributed by atoms with Gasteiger partial charge in [0.05, 0.1) is 14.2 Å². The number of carbonyl (C=O) groups excluding carboxylic acids is 2. The first-order chi connectivity index (χ1) is 12.0. The van der Waals surface area contributed by atoms with Crippen molar-refractivity contribution in [3.8, 4) is 11.5 Å². The molecule has 1 atom stereocenters. The van der Waals surface area contributed by atoms with Crippen LogP contribution in [0.25, 0.3) is 6.08 Å². The van der Waals surface area contributed by atoms with E-state index in [9.17, 15) is 9.59 Å². The second kappa shape index (κ2) is 8.89. The smallest absolute Gasteiger partial charge is 0.331 e. The van der Waals surface area contributed by atoms with Gasteiger partial charge in [0.15, 0.2) is 17.6 Å². The van der Waals surface area contributed by atoms with E-state index in [1.54, 1.807) is 24.3 Å². The summed E-state index contributed by atoms with van der Waals surface area (Å²) < 4.78 is 15.4. The number of ether oxygens (including phenoxy) is 3. The highest BCUT2D eigenvalue weighted by molar-refractivity contribution is 7.08. The van der Waals surface area contributed by atoms with Crippen molar-refractivity contribution in [3.05, 3.63) is 46.7 Å². The van der Waals surface area contributed by atoms with Crippen LogP contribution >= 0.6 is 11.3 Å². The summed E-state index contributed by atoms with van der Waals surface area (Å²) in [5.41, 5.74) is 1.42. The van der Waals surface area contributed by atoms with Crippen molar-refractivity contribution in [2.45, 2.75) is 13.0 Å². The Morgan fingerprint density at radius 3 is 2.56 bits per heavy atom. The normalized spacial score (nSPS) is 11.8. The fourth-order valence-corrected chi connectivity index (χ4v) is 2.59. The molecule has 1 N–H and O–H groups in total. The van der Waals surface area contributed by atoms with Crippen molar-refractivity contribution in [1.29, 1.82) is 0 Å². The minimum absolute atomic E-state index is 0.440. The molecule has 6 nitrogen and oxygen atoms in total. The van der Waals surface area contributed by atoms with Crippen LogP contribution in [0.4, 0.5) is 5.69 Å². The standard InChI is InChI=1S/C18H19NO5S/c1-12(24-17(20)7-4-13-8-9-25-11-13)18(21)19-14-5-6-15(22-2)16(10-14)23-3/h4-12H,1-3H3,(H,19,21)/b7-4+/t12-/m0/s1.